The van der Waals surface area contributed by atoms with Crippen LogP contribution in [0.4, 0.5) is 0 Å². The minimum Gasteiger partial charge on any atom is -0.348 e. The van der Waals surface area contributed by atoms with Crippen molar-refractivity contribution in [3.05, 3.63) is 139 Å². The summed E-state index contributed by atoms with van der Waals surface area (Å²) in [4.78, 5) is 35.5. The van der Waals surface area contributed by atoms with E-state index in [1.807, 2.05) is 79.7 Å². The summed E-state index contributed by atoms with van der Waals surface area (Å²) in [7, 11) is 0. The molecular weight excluding hydrogens is 508 g/mol. The van der Waals surface area contributed by atoms with E-state index < -0.39 is 0 Å². The minimum atomic E-state index is -0.167. The van der Waals surface area contributed by atoms with E-state index in [0.29, 0.717) is 17.8 Å². The molecule has 0 aliphatic carbocycles. The normalized spacial score (nSPS) is 10.8. The van der Waals surface area contributed by atoms with Crippen LogP contribution in [0.3, 0.4) is 0 Å². The number of amides is 1. The second-order valence-electron chi connectivity index (χ2n) is 9.58. The van der Waals surface area contributed by atoms with Gasteiger partial charge in [-0.3, -0.25) is 24.7 Å². The number of carbonyl (C=O) groups excluding carboxylic acids is 1. The molecule has 0 unspecified atom stereocenters. The molecule has 198 valence electrons. The van der Waals surface area contributed by atoms with Crippen molar-refractivity contribution in [1.29, 1.82) is 0 Å². The molecule has 5 aromatic heterocycles. The standard InChI is InChI=1S/C34H26N6O/c1-23-12-16-37-30(18-23)31-19-26(13-17-38-31)34(41)39-22-24-8-10-25(11-9-24)27-20-32(28-6-2-4-14-35-28)40-33(21-27)29-7-3-5-15-36-29/h2-21H,22H2,1H3,(H,39,41). The fourth-order valence-electron chi connectivity index (χ4n) is 4.48. The summed E-state index contributed by atoms with van der Waals surface area (Å²) in [6.07, 6.45) is 6.91. The van der Waals surface area contributed by atoms with Crippen LogP contribution < -0.4 is 5.32 Å². The Bertz CT molecular complexity index is 1750. The van der Waals surface area contributed by atoms with E-state index in [0.717, 1.165) is 50.7 Å². The summed E-state index contributed by atoms with van der Waals surface area (Å²) >= 11 is 0. The smallest absolute Gasteiger partial charge is 0.251 e. The zero-order chi connectivity index (χ0) is 28.0. The average molecular weight is 535 g/mol. The first-order valence-electron chi connectivity index (χ1n) is 13.2. The predicted molar refractivity (Wildman–Crippen MR) is 160 cm³/mol. The molecule has 0 saturated heterocycles. The van der Waals surface area contributed by atoms with Crippen LogP contribution in [-0.4, -0.2) is 30.8 Å². The van der Waals surface area contributed by atoms with E-state index in [1.54, 1.807) is 36.9 Å². The first-order chi connectivity index (χ1) is 20.1. The molecule has 0 aliphatic heterocycles. The Balaban J connectivity index is 1.20. The van der Waals surface area contributed by atoms with Gasteiger partial charge in [-0.1, -0.05) is 36.4 Å². The number of nitrogens with one attached hydrogen (secondary N) is 1. The molecular formula is C34H26N6O. The molecule has 0 fully saturated rings. The van der Waals surface area contributed by atoms with E-state index in [9.17, 15) is 4.79 Å². The first-order valence-corrected chi connectivity index (χ1v) is 13.2. The maximum absolute atomic E-state index is 12.9. The van der Waals surface area contributed by atoms with Crippen LogP contribution in [0.2, 0.25) is 0 Å². The van der Waals surface area contributed by atoms with Crippen molar-refractivity contribution < 1.29 is 4.79 Å². The van der Waals surface area contributed by atoms with Gasteiger partial charge >= 0.3 is 0 Å². The van der Waals surface area contributed by atoms with Crippen molar-refractivity contribution in [2.45, 2.75) is 13.5 Å². The summed E-state index contributed by atoms with van der Waals surface area (Å²) in [6.45, 7) is 2.40. The summed E-state index contributed by atoms with van der Waals surface area (Å²) in [5.74, 6) is -0.167. The van der Waals surface area contributed by atoms with Gasteiger partial charge in [-0.25, -0.2) is 4.98 Å². The summed E-state index contributed by atoms with van der Waals surface area (Å²) < 4.78 is 0. The Labute approximate surface area is 238 Å². The zero-order valence-electron chi connectivity index (χ0n) is 22.4. The lowest BCUT2D eigenvalue weighted by molar-refractivity contribution is 0.0951. The maximum Gasteiger partial charge on any atom is 0.251 e. The summed E-state index contributed by atoms with van der Waals surface area (Å²) in [6, 6.07) is 31.1. The molecule has 5 heterocycles. The van der Waals surface area contributed by atoms with Gasteiger partial charge in [-0.2, -0.15) is 0 Å². The third kappa shape index (κ3) is 6.04. The molecule has 7 heteroatoms. The molecule has 0 saturated carbocycles. The van der Waals surface area contributed by atoms with Gasteiger partial charge in [0.2, 0.25) is 0 Å². The maximum atomic E-state index is 12.9. The number of carbonyl (C=O) groups is 1. The van der Waals surface area contributed by atoms with Crippen molar-refractivity contribution in [2.75, 3.05) is 0 Å². The number of rotatable bonds is 7. The fourth-order valence-corrected chi connectivity index (χ4v) is 4.48. The molecule has 1 aromatic carbocycles. The lowest BCUT2D eigenvalue weighted by atomic mass is 10.0. The molecule has 1 amide bonds. The Kier molecular flexibility index (Phi) is 7.32. The second-order valence-corrected chi connectivity index (χ2v) is 9.58. The number of benzene rings is 1. The Morgan fingerprint density at radius 2 is 1.20 bits per heavy atom. The Morgan fingerprint density at radius 1 is 0.585 bits per heavy atom. The van der Waals surface area contributed by atoms with Crippen LogP contribution in [0.5, 0.6) is 0 Å². The molecule has 0 radical (unpaired) electrons. The van der Waals surface area contributed by atoms with Crippen molar-refractivity contribution in [3.8, 4) is 45.3 Å². The van der Waals surface area contributed by atoms with E-state index in [2.05, 4.69) is 37.4 Å². The molecule has 0 bridgehead atoms. The first kappa shape index (κ1) is 25.7. The number of nitrogens with zero attached hydrogens (tertiary/aromatic N) is 5. The van der Waals surface area contributed by atoms with Gasteiger partial charge in [0.1, 0.15) is 0 Å². The number of aromatic nitrogens is 5. The van der Waals surface area contributed by atoms with Crippen molar-refractivity contribution in [1.82, 2.24) is 30.2 Å². The van der Waals surface area contributed by atoms with Crippen LogP contribution in [0.1, 0.15) is 21.5 Å². The van der Waals surface area contributed by atoms with Gasteiger partial charge in [-0.05, 0) is 89.8 Å². The van der Waals surface area contributed by atoms with Crippen LogP contribution >= 0.6 is 0 Å². The Hall–Kier alpha value is -5.56. The largest absolute Gasteiger partial charge is 0.348 e. The topological polar surface area (TPSA) is 93.6 Å². The highest BCUT2D eigenvalue weighted by molar-refractivity contribution is 5.95. The fraction of sp³-hybridized carbons (Fsp3) is 0.0588. The lowest BCUT2D eigenvalue weighted by Gasteiger charge is -2.11. The summed E-state index contributed by atoms with van der Waals surface area (Å²) in [5.41, 5.74) is 9.19. The van der Waals surface area contributed by atoms with Crippen LogP contribution in [-0.2, 0) is 6.54 Å². The highest BCUT2D eigenvalue weighted by Crippen LogP contribution is 2.29. The van der Waals surface area contributed by atoms with Gasteiger partial charge in [-0.15, -0.1) is 0 Å². The molecule has 0 spiro atoms. The highest BCUT2D eigenvalue weighted by atomic mass is 16.1. The molecule has 41 heavy (non-hydrogen) atoms. The van der Waals surface area contributed by atoms with Crippen molar-refractivity contribution in [2.24, 2.45) is 0 Å². The van der Waals surface area contributed by atoms with Gasteiger partial charge in [0.05, 0.1) is 34.2 Å². The monoisotopic (exact) mass is 534 g/mol. The summed E-state index contributed by atoms with van der Waals surface area (Å²) in [5, 5.41) is 3.01. The number of hydrogen-bond donors (Lipinski definition) is 1. The molecule has 0 atom stereocenters. The molecule has 6 rings (SSSR count). The predicted octanol–water partition coefficient (Wildman–Crippen LogP) is 6.57. The third-order valence-electron chi connectivity index (χ3n) is 6.62. The van der Waals surface area contributed by atoms with E-state index in [-0.39, 0.29) is 5.91 Å². The SMILES string of the molecule is Cc1ccnc(-c2cc(C(=O)NCc3ccc(-c4cc(-c5ccccn5)nc(-c5ccccn5)c4)cc3)ccn2)c1. The molecule has 7 nitrogen and oxygen atoms in total. The highest BCUT2D eigenvalue weighted by Gasteiger charge is 2.12. The van der Waals surface area contributed by atoms with Crippen LogP contribution in [0, 0.1) is 6.92 Å². The number of pyridine rings is 5. The number of aryl methyl sites for hydroxylation is 1. The lowest BCUT2D eigenvalue weighted by Crippen LogP contribution is -2.22. The van der Waals surface area contributed by atoms with E-state index >= 15 is 0 Å². The molecule has 1 N–H and O–H groups in total. The number of hydrogen-bond acceptors (Lipinski definition) is 6. The third-order valence-corrected chi connectivity index (χ3v) is 6.62. The van der Waals surface area contributed by atoms with Gasteiger partial charge < -0.3 is 5.32 Å². The van der Waals surface area contributed by atoms with Crippen molar-refractivity contribution in [3.63, 3.8) is 0 Å². The van der Waals surface area contributed by atoms with Crippen LogP contribution in [0.15, 0.2) is 122 Å². The second kappa shape index (κ2) is 11.7. The molecule has 0 aliphatic rings. The zero-order valence-corrected chi connectivity index (χ0v) is 22.4. The quantitative estimate of drug-likeness (QED) is 0.249. The van der Waals surface area contributed by atoms with E-state index in [4.69, 9.17) is 4.98 Å². The van der Waals surface area contributed by atoms with E-state index in [1.165, 1.54) is 0 Å². The molecule has 6 aromatic rings. The Morgan fingerprint density at radius 3 is 1.80 bits per heavy atom. The minimum absolute atomic E-state index is 0.167. The average Bonchev–Trinajstić information content (AvgIpc) is 3.04. The van der Waals surface area contributed by atoms with Gasteiger partial charge in [0, 0.05) is 36.9 Å². The van der Waals surface area contributed by atoms with Crippen LogP contribution in [0.25, 0.3) is 45.3 Å². The van der Waals surface area contributed by atoms with Gasteiger partial charge in [0.15, 0.2) is 0 Å². The van der Waals surface area contributed by atoms with Crippen molar-refractivity contribution >= 4 is 5.91 Å². The van der Waals surface area contributed by atoms with Gasteiger partial charge in [0.25, 0.3) is 5.91 Å².